The van der Waals surface area contributed by atoms with Gasteiger partial charge in [0, 0.05) is 25.3 Å². The number of benzene rings is 1. The highest BCUT2D eigenvalue weighted by atomic mass is 16.5. The lowest BCUT2D eigenvalue weighted by Gasteiger charge is -2.23. The molecule has 1 fully saturated rings. The molecule has 1 aromatic rings. The highest BCUT2D eigenvalue weighted by Crippen LogP contribution is 2.26. The van der Waals surface area contributed by atoms with Gasteiger partial charge in [-0.05, 0) is 31.0 Å². The van der Waals surface area contributed by atoms with Gasteiger partial charge in [-0.3, -0.25) is 9.59 Å². The Morgan fingerprint density at radius 2 is 2.20 bits per heavy atom. The summed E-state index contributed by atoms with van der Waals surface area (Å²) in [6.07, 6.45) is 0.514. The molecule has 1 heterocycles. The molecule has 2 atom stereocenters. The van der Waals surface area contributed by atoms with Crippen LogP contribution in [0.5, 0.6) is 0 Å². The number of ether oxygens (including phenoxy) is 1. The molecule has 0 aromatic heterocycles. The predicted molar refractivity (Wildman–Crippen MR) is 73.4 cm³/mol. The summed E-state index contributed by atoms with van der Waals surface area (Å²) in [4.78, 5) is 25.2. The highest BCUT2D eigenvalue weighted by Gasteiger charge is 2.38. The van der Waals surface area contributed by atoms with Gasteiger partial charge >= 0.3 is 5.97 Å². The van der Waals surface area contributed by atoms with Crippen LogP contribution < -0.4 is 0 Å². The van der Waals surface area contributed by atoms with Gasteiger partial charge in [-0.1, -0.05) is 12.1 Å². The van der Waals surface area contributed by atoms with E-state index in [9.17, 15) is 9.59 Å². The van der Waals surface area contributed by atoms with Crippen LogP contribution in [0.4, 0.5) is 0 Å². The van der Waals surface area contributed by atoms with E-state index in [-0.39, 0.29) is 11.9 Å². The van der Waals surface area contributed by atoms with E-state index in [2.05, 4.69) is 0 Å². The fourth-order valence-corrected chi connectivity index (χ4v) is 2.68. The van der Waals surface area contributed by atoms with Crippen molar-refractivity contribution < 1.29 is 19.4 Å². The minimum absolute atomic E-state index is 0.112. The molecule has 2 unspecified atom stereocenters. The van der Waals surface area contributed by atoms with Crippen LogP contribution >= 0.6 is 0 Å². The van der Waals surface area contributed by atoms with Crippen molar-refractivity contribution in [1.29, 1.82) is 0 Å². The number of hydrogen-bond donors (Lipinski definition) is 1. The zero-order valence-electron chi connectivity index (χ0n) is 11.7. The third kappa shape index (κ3) is 2.82. The van der Waals surface area contributed by atoms with Gasteiger partial charge in [-0.2, -0.15) is 0 Å². The Hall–Kier alpha value is -1.88. The number of carbonyl (C=O) groups is 2. The van der Waals surface area contributed by atoms with Crippen LogP contribution in [0, 0.1) is 5.92 Å². The Morgan fingerprint density at radius 3 is 2.80 bits per heavy atom. The Kier molecular flexibility index (Phi) is 4.39. The summed E-state index contributed by atoms with van der Waals surface area (Å²) >= 11 is 0. The van der Waals surface area contributed by atoms with E-state index in [1.165, 1.54) is 0 Å². The number of hydrogen-bond acceptors (Lipinski definition) is 3. The summed E-state index contributed by atoms with van der Waals surface area (Å²) in [5, 5.41) is 9.11. The van der Waals surface area contributed by atoms with E-state index in [0.717, 1.165) is 5.56 Å². The fraction of sp³-hybridized carbons (Fsp3) is 0.467. The van der Waals surface area contributed by atoms with Gasteiger partial charge in [-0.25, -0.2) is 0 Å². The van der Waals surface area contributed by atoms with Crippen LogP contribution in [0.3, 0.4) is 0 Å². The lowest BCUT2D eigenvalue weighted by molar-refractivity contribution is -0.142. The summed E-state index contributed by atoms with van der Waals surface area (Å²) in [6.45, 7) is 2.74. The summed E-state index contributed by atoms with van der Waals surface area (Å²) in [7, 11) is 1.61. The second-order valence-corrected chi connectivity index (χ2v) is 5.11. The molecule has 1 aliphatic rings. The van der Waals surface area contributed by atoms with Crippen molar-refractivity contribution >= 4 is 11.9 Å². The molecule has 2 rings (SSSR count). The third-order valence-corrected chi connectivity index (χ3v) is 3.82. The van der Waals surface area contributed by atoms with Gasteiger partial charge in [0.25, 0.3) is 5.91 Å². The molecule has 0 spiro atoms. The Labute approximate surface area is 118 Å². The summed E-state index contributed by atoms with van der Waals surface area (Å²) < 4.78 is 5.06. The maximum absolute atomic E-state index is 12.5. The molecule has 1 N–H and O–H groups in total. The largest absolute Gasteiger partial charge is 0.481 e. The van der Waals surface area contributed by atoms with Crippen molar-refractivity contribution in [3.63, 3.8) is 0 Å². The number of methoxy groups -OCH3 is 1. The molecule has 1 amide bonds. The zero-order chi connectivity index (χ0) is 14.7. The molecule has 1 aliphatic heterocycles. The number of nitrogens with zero attached hydrogens (tertiary/aromatic N) is 1. The minimum atomic E-state index is -0.832. The number of carboxylic acids is 1. The maximum atomic E-state index is 12.5. The lowest BCUT2D eigenvalue weighted by atomic mass is 10.0. The minimum Gasteiger partial charge on any atom is -0.481 e. The van der Waals surface area contributed by atoms with E-state index in [4.69, 9.17) is 9.84 Å². The van der Waals surface area contributed by atoms with Crippen LogP contribution in [-0.4, -0.2) is 41.6 Å². The van der Waals surface area contributed by atoms with Crippen LogP contribution in [0.2, 0.25) is 0 Å². The van der Waals surface area contributed by atoms with Crippen molar-refractivity contribution in [1.82, 2.24) is 4.90 Å². The van der Waals surface area contributed by atoms with Gasteiger partial charge in [-0.15, -0.1) is 0 Å². The number of rotatable bonds is 4. The summed E-state index contributed by atoms with van der Waals surface area (Å²) in [5.41, 5.74) is 1.51. The first kappa shape index (κ1) is 14.5. The lowest BCUT2D eigenvalue weighted by Crippen LogP contribution is -2.37. The Balaban J connectivity index is 2.16. The van der Waals surface area contributed by atoms with Crippen molar-refractivity contribution in [3.05, 3.63) is 35.4 Å². The van der Waals surface area contributed by atoms with Crippen molar-refractivity contribution in [2.45, 2.75) is 26.0 Å². The monoisotopic (exact) mass is 277 g/mol. The number of likely N-dealkylation sites (tertiary alicyclic amines) is 1. The second kappa shape index (κ2) is 6.05. The SMILES string of the molecule is COCc1cccc(C(=O)N2CCC(C(=O)O)C2C)c1. The first-order chi connectivity index (χ1) is 9.54. The number of amides is 1. The molecule has 0 bridgehead atoms. The highest BCUT2D eigenvalue weighted by molar-refractivity contribution is 5.95. The summed E-state index contributed by atoms with van der Waals surface area (Å²) in [5.74, 6) is -1.42. The fourth-order valence-electron chi connectivity index (χ4n) is 2.68. The number of aliphatic carboxylic acids is 1. The quantitative estimate of drug-likeness (QED) is 0.910. The van der Waals surface area contributed by atoms with Crippen molar-refractivity contribution in [2.75, 3.05) is 13.7 Å². The van der Waals surface area contributed by atoms with Gasteiger partial charge in [0.2, 0.25) is 0 Å². The normalized spacial score (nSPS) is 22.0. The van der Waals surface area contributed by atoms with E-state index in [1.807, 2.05) is 12.1 Å². The molecule has 5 nitrogen and oxygen atoms in total. The molecular weight excluding hydrogens is 258 g/mol. The molecule has 1 saturated heterocycles. The molecule has 0 saturated carbocycles. The molecule has 108 valence electrons. The van der Waals surface area contributed by atoms with E-state index in [0.29, 0.717) is 25.1 Å². The van der Waals surface area contributed by atoms with Crippen molar-refractivity contribution in [3.8, 4) is 0 Å². The van der Waals surface area contributed by atoms with Gasteiger partial charge in [0.1, 0.15) is 0 Å². The van der Waals surface area contributed by atoms with Crippen LogP contribution in [0.1, 0.15) is 29.3 Å². The van der Waals surface area contributed by atoms with E-state index in [1.54, 1.807) is 31.1 Å². The third-order valence-electron chi connectivity index (χ3n) is 3.82. The molecule has 20 heavy (non-hydrogen) atoms. The smallest absolute Gasteiger partial charge is 0.308 e. The Morgan fingerprint density at radius 1 is 1.45 bits per heavy atom. The van der Waals surface area contributed by atoms with Gasteiger partial charge < -0.3 is 14.7 Å². The maximum Gasteiger partial charge on any atom is 0.308 e. The topological polar surface area (TPSA) is 66.8 Å². The Bertz CT molecular complexity index is 514. The van der Waals surface area contributed by atoms with E-state index >= 15 is 0 Å². The molecule has 1 aromatic carbocycles. The zero-order valence-corrected chi connectivity index (χ0v) is 11.7. The van der Waals surface area contributed by atoms with Crippen LogP contribution in [0.15, 0.2) is 24.3 Å². The first-order valence-electron chi connectivity index (χ1n) is 6.66. The number of carbonyl (C=O) groups excluding carboxylic acids is 1. The standard InChI is InChI=1S/C15H19NO4/c1-10-13(15(18)19)6-7-16(10)14(17)12-5-3-4-11(8-12)9-20-2/h3-5,8,10,13H,6-7,9H2,1-2H3,(H,18,19). The van der Waals surface area contributed by atoms with Crippen LogP contribution in [0.25, 0.3) is 0 Å². The first-order valence-corrected chi connectivity index (χ1v) is 6.66. The van der Waals surface area contributed by atoms with Gasteiger partial charge in [0.05, 0.1) is 12.5 Å². The van der Waals surface area contributed by atoms with Gasteiger partial charge in [0.15, 0.2) is 0 Å². The number of carboxylic acid groups (broad SMARTS) is 1. The molecule has 0 aliphatic carbocycles. The average Bonchev–Trinajstić information content (AvgIpc) is 2.80. The van der Waals surface area contributed by atoms with Crippen LogP contribution in [-0.2, 0) is 16.1 Å². The molecule has 0 radical (unpaired) electrons. The van der Waals surface area contributed by atoms with E-state index < -0.39 is 11.9 Å². The average molecular weight is 277 g/mol. The second-order valence-electron chi connectivity index (χ2n) is 5.11. The molecule has 5 heteroatoms. The predicted octanol–water partition coefficient (Wildman–Crippen LogP) is 1.77. The van der Waals surface area contributed by atoms with Crippen molar-refractivity contribution in [2.24, 2.45) is 5.92 Å². The molecular formula is C15H19NO4. The summed E-state index contributed by atoms with van der Waals surface area (Å²) in [6, 6.07) is 6.99.